The molecule has 0 heterocycles. The lowest BCUT2D eigenvalue weighted by Gasteiger charge is -2.28. The van der Waals surface area contributed by atoms with Gasteiger partial charge < -0.3 is 10.6 Å². The molecule has 0 saturated heterocycles. The molecule has 1 saturated carbocycles. The quantitative estimate of drug-likeness (QED) is 0.656. The van der Waals surface area contributed by atoms with E-state index in [1.165, 1.54) is 38.5 Å². The van der Waals surface area contributed by atoms with Crippen molar-refractivity contribution in [3.05, 3.63) is 0 Å². The second-order valence-electron chi connectivity index (χ2n) is 3.78. The van der Waals surface area contributed by atoms with Crippen LogP contribution in [0.1, 0.15) is 38.5 Å². The number of hydrogen-bond donors (Lipinski definition) is 2. The van der Waals surface area contributed by atoms with Crippen LogP contribution in [0, 0.1) is 0 Å². The van der Waals surface area contributed by atoms with Gasteiger partial charge in [0.15, 0.2) is 0 Å². The average molecular weight is 170 g/mol. The van der Waals surface area contributed by atoms with Crippen molar-refractivity contribution in [2.24, 2.45) is 0 Å². The molecule has 2 heteroatoms. The predicted molar refractivity (Wildman–Crippen MR) is 53.4 cm³/mol. The Labute approximate surface area is 76.1 Å². The van der Waals surface area contributed by atoms with E-state index in [1.54, 1.807) is 0 Å². The highest BCUT2D eigenvalue weighted by molar-refractivity contribution is 4.81. The zero-order valence-electron chi connectivity index (χ0n) is 8.40. The minimum absolute atomic E-state index is 0.690. The zero-order chi connectivity index (χ0) is 8.81. The Morgan fingerprint density at radius 3 is 1.50 bits per heavy atom. The molecule has 1 aliphatic rings. The summed E-state index contributed by atoms with van der Waals surface area (Å²) in [6.07, 6.45) is 8.31. The molecule has 0 aromatic carbocycles. The normalized spacial score (nSPS) is 32.5. The van der Waals surface area contributed by atoms with E-state index in [0.29, 0.717) is 12.1 Å². The van der Waals surface area contributed by atoms with Crippen LogP contribution in [-0.4, -0.2) is 26.2 Å². The van der Waals surface area contributed by atoms with E-state index in [0.717, 1.165) is 0 Å². The first-order chi connectivity index (χ1) is 5.88. The van der Waals surface area contributed by atoms with Crippen LogP contribution in [0.5, 0.6) is 0 Å². The molecule has 1 rings (SSSR count). The fourth-order valence-electron chi connectivity index (χ4n) is 2.18. The summed E-state index contributed by atoms with van der Waals surface area (Å²) in [6, 6.07) is 1.38. The lowest BCUT2D eigenvalue weighted by atomic mass is 9.92. The monoisotopic (exact) mass is 170 g/mol. The van der Waals surface area contributed by atoms with Gasteiger partial charge in [-0.05, 0) is 26.9 Å². The molecule has 0 spiro atoms. The van der Waals surface area contributed by atoms with Crippen molar-refractivity contribution in [2.75, 3.05) is 14.1 Å². The highest BCUT2D eigenvalue weighted by Gasteiger charge is 2.18. The van der Waals surface area contributed by atoms with E-state index >= 15 is 0 Å². The Morgan fingerprint density at radius 2 is 1.17 bits per heavy atom. The number of rotatable bonds is 2. The van der Waals surface area contributed by atoms with E-state index in [9.17, 15) is 0 Å². The van der Waals surface area contributed by atoms with Gasteiger partial charge in [0, 0.05) is 12.1 Å². The molecular weight excluding hydrogens is 148 g/mol. The SMILES string of the molecule is CNC1CCCCCCC1NC. The van der Waals surface area contributed by atoms with Crippen LogP contribution in [0.25, 0.3) is 0 Å². The smallest absolute Gasteiger partial charge is 0.0218 e. The van der Waals surface area contributed by atoms with Gasteiger partial charge in [0.1, 0.15) is 0 Å². The topological polar surface area (TPSA) is 24.1 Å². The lowest BCUT2D eigenvalue weighted by molar-refractivity contribution is 0.329. The summed E-state index contributed by atoms with van der Waals surface area (Å²) in [4.78, 5) is 0. The van der Waals surface area contributed by atoms with Gasteiger partial charge in [0.05, 0.1) is 0 Å². The maximum absolute atomic E-state index is 3.41. The third-order valence-corrected chi connectivity index (χ3v) is 3.01. The standard InChI is InChI=1S/C10H22N2/c1-11-9-7-5-3-4-6-8-10(9)12-2/h9-12H,3-8H2,1-2H3. The molecule has 2 atom stereocenters. The number of hydrogen-bond acceptors (Lipinski definition) is 2. The Bertz CT molecular complexity index is 100. The maximum atomic E-state index is 3.41. The molecule has 2 N–H and O–H groups in total. The molecule has 1 aliphatic carbocycles. The van der Waals surface area contributed by atoms with E-state index in [2.05, 4.69) is 24.7 Å². The number of nitrogens with one attached hydrogen (secondary N) is 2. The van der Waals surface area contributed by atoms with Crippen LogP contribution in [0.3, 0.4) is 0 Å². The van der Waals surface area contributed by atoms with Crippen molar-refractivity contribution >= 4 is 0 Å². The third-order valence-electron chi connectivity index (χ3n) is 3.01. The van der Waals surface area contributed by atoms with Crippen LogP contribution in [0.15, 0.2) is 0 Å². The second-order valence-corrected chi connectivity index (χ2v) is 3.78. The lowest BCUT2D eigenvalue weighted by Crippen LogP contribution is -2.45. The van der Waals surface area contributed by atoms with Gasteiger partial charge in [0.25, 0.3) is 0 Å². The van der Waals surface area contributed by atoms with Gasteiger partial charge in [-0.3, -0.25) is 0 Å². The van der Waals surface area contributed by atoms with Gasteiger partial charge in [-0.1, -0.05) is 25.7 Å². The highest BCUT2D eigenvalue weighted by atomic mass is 15.0. The average Bonchev–Trinajstić information content (AvgIpc) is 2.05. The van der Waals surface area contributed by atoms with Gasteiger partial charge in [-0.25, -0.2) is 0 Å². The van der Waals surface area contributed by atoms with Crippen LogP contribution in [0.2, 0.25) is 0 Å². The minimum atomic E-state index is 0.690. The summed E-state index contributed by atoms with van der Waals surface area (Å²) >= 11 is 0. The van der Waals surface area contributed by atoms with Crippen molar-refractivity contribution in [1.29, 1.82) is 0 Å². The Kier molecular flexibility index (Phi) is 4.62. The summed E-state index contributed by atoms with van der Waals surface area (Å²) in [5.74, 6) is 0. The van der Waals surface area contributed by atoms with Crippen molar-refractivity contribution in [3.8, 4) is 0 Å². The van der Waals surface area contributed by atoms with Gasteiger partial charge in [-0.15, -0.1) is 0 Å². The van der Waals surface area contributed by atoms with Crippen LogP contribution in [0.4, 0.5) is 0 Å². The summed E-state index contributed by atoms with van der Waals surface area (Å²) in [5, 5.41) is 6.82. The summed E-state index contributed by atoms with van der Waals surface area (Å²) in [5.41, 5.74) is 0. The molecular formula is C10H22N2. The van der Waals surface area contributed by atoms with E-state index in [4.69, 9.17) is 0 Å². The van der Waals surface area contributed by atoms with E-state index in [-0.39, 0.29) is 0 Å². The Balaban J connectivity index is 2.39. The molecule has 0 amide bonds. The second kappa shape index (κ2) is 5.55. The van der Waals surface area contributed by atoms with Crippen molar-refractivity contribution in [3.63, 3.8) is 0 Å². The highest BCUT2D eigenvalue weighted by Crippen LogP contribution is 2.17. The van der Waals surface area contributed by atoms with Gasteiger partial charge >= 0.3 is 0 Å². The Hall–Kier alpha value is -0.0800. The first-order valence-electron chi connectivity index (χ1n) is 5.23. The van der Waals surface area contributed by atoms with Crippen LogP contribution >= 0.6 is 0 Å². The maximum Gasteiger partial charge on any atom is 0.0218 e. The van der Waals surface area contributed by atoms with Gasteiger partial charge in [0.2, 0.25) is 0 Å². The molecule has 2 unspecified atom stereocenters. The molecule has 2 nitrogen and oxygen atoms in total. The zero-order valence-corrected chi connectivity index (χ0v) is 8.40. The van der Waals surface area contributed by atoms with Crippen LogP contribution < -0.4 is 10.6 Å². The molecule has 0 aliphatic heterocycles. The van der Waals surface area contributed by atoms with Crippen LogP contribution in [-0.2, 0) is 0 Å². The van der Waals surface area contributed by atoms with E-state index < -0.39 is 0 Å². The largest absolute Gasteiger partial charge is 0.315 e. The molecule has 0 radical (unpaired) electrons. The van der Waals surface area contributed by atoms with Gasteiger partial charge in [-0.2, -0.15) is 0 Å². The summed E-state index contributed by atoms with van der Waals surface area (Å²) < 4.78 is 0. The van der Waals surface area contributed by atoms with E-state index in [1.807, 2.05) is 0 Å². The third kappa shape index (κ3) is 2.76. The first-order valence-corrected chi connectivity index (χ1v) is 5.23. The predicted octanol–water partition coefficient (Wildman–Crippen LogP) is 1.52. The molecule has 0 aromatic heterocycles. The first kappa shape index (κ1) is 10.0. The molecule has 1 fully saturated rings. The molecule has 72 valence electrons. The Morgan fingerprint density at radius 1 is 0.750 bits per heavy atom. The molecule has 0 bridgehead atoms. The fraction of sp³-hybridized carbons (Fsp3) is 1.00. The summed E-state index contributed by atoms with van der Waals surface area (Å²) in [7, 11) is 4.16. The van der Waals surface area contributed by atoms with Crippen molar-refractivity contribution in [2.45, 2.75) is 50.6 Å². The fourth-order valence-corrected chi connectivity index (χ4v) is 2.18. The minimum Gasteiger partial charge on any atom is -0.315 e. The van der Waals surface area contributed by atoms with Crippen molar-refractivity contribution < 1.29 is 0 Å². The number of likely N-dealkylation sites (N-methyl/N-ethyl adjacent to an activating group) is 2. The molecule has 0 aromatic rings. The molecule has 12 heavy (non-hydrogen) atoms. The summed E-state index contributed by atoms with van der Waals surface area (Å²) in [6.45, 7) is 0. The van der Waals surface area contributed by atoms with Crippen molar-refractivity contribution in [1.82, 2.24) is 10.6 Å².